The minimum atomic E-state index is -0.607. The summed E-state index contributed by atoms with van der Waals surface area (Å²) in [6.07, 6.45) is 6.40. The molecular formula is C24H36N2O5. The van der Waals surface area contributed by atoms with E-state index < -0.39 is 5.97 Å². The fourth-order valence-corrected chi connectivity index (χ4v) is 2.65. The van der Waals surface area contributed by atoms with Gasteiger partial charge in [-0.3, -0.25) is 4.79 Å². The molecule has 1 aromatic carbocycles. The lowest BCUT2D eigenvalue weighted by atomic mass is 10.0. The fourth-order valence-electron chi connectivity index (χ4n) is 2.65. The number of rotatable bonds is 12. The minimum absolute atomic E-state index is 0.0648. The summed E-state index contributed by atoms with van der Waals surface area (Å²) >= 11 is 0. The lowest BCUT2D eigenvalue weighted by Gasteiger charge is -2.18. The first-order valence-electron chi connectivity index (χ1n) is 10.7. The van der Waals surface area contributed by atoms with Crippen LogP contribution in [0.15, 0.2) is 30.4 Å². The van der Waals surface area contributed by atoms with E-state index in [1.807, 2.05) is 26.8 Å². The molecule has 0 saturated carbocycles. The number of carbonyl (C=O) groups is 2. The maximum atomic E-state index is 12.6. The molecule has 2 N–H and O–H groups in total. The highest BCUT2D eigenvalue weighted by Gasteiger charge is 2.21. The number of phenols is 1. The van der Waals surface area contributed by atoms with Crippen LogP contribution in [0.4, 0.5) is 0 Å². The second kappa shape index (κ2) is 13.5. The largest absolute Gasteiger partial charge is 0.507 e. The zero-order chi connectivity index (χ0) is 23.4. The van der Waals surface area contributed by atoms with Gasteiger partial charge in [-0.2, -0.15) is 0 Å². The number of benzene rings is 1. The van der Waals surface area contributed by atoms with Crippen LogP contribution in [0, 0.1) is 5.92 Å². The van der Waals surface area contributed by atoms with Gasteiger partial charge in [0.15, 0.2) is 0 Å². The van der Waals surface area contributed by atoms with Crippen LogP contribution in [-0.2, 0) is 9.53 Å². The summed E-state index contributed by atoms with van der Waals surface area (Å²) in [5.41, 5.74) is 0.513. The smallest absolute Gasteiger partial charge is 0.342 e. The van der Waals surface area contributed by atoms with Crippen molar-refractivity contribution in [2.75, 3.05) is 33.3 Å². The maximum absolute atomic E-state index is 12.6. The van der Waals surface area contributed by atoms with Gasteiger partial charge in [0, 0.05) is 25.2 Å². The SMILES string of the molecule is CCN(CC)CC=CC(=O)NCC=Cc1cc(OC)cc(O)c1C(=O)OC(C)C(C)C. The summed E-state index contributed by atoms with van der Waals surface area (Å²) in [5, 5.41) is 13.1. The van der Waals surface area contributed by atoms with Crippen LogP contribution < -0.4 is 10.1 Å². The second-order valence-corrected chi connectivity index (χ2v) is 7.50. The number of amides is 1. The van der Waals surface area contributed by atoms with Crippen molar-refractivity contribution in [1.82, 2.24) is 10.2 Å². The molecule has 0 aliphatic rings. The monoisotopic (exact) mass is 432 g/mol. The van der Waals surface area contributed by atoms with Crippen molar-refractivity contribution in [3.8, 4) is 11.5 Å². The number of aromatic hydroxyl groups is 1. The first-order chi connectivity index (χ1) is 14.7. The molecule has 7 heteroatoms. The highest BCUT2D eigenvalue weighted by atomic mass is 16.5. The summed E-state index contributed by atoms with van der Waals surface area (Å²) in [6.45, 7) is 12.7. The van der Waals surface area contributed by atoms with E-state index in [2.05, 4.69) is 24.1 Å². The van der Waals surface area contributed by atoms with Gasteiger partial charge in [0.2, 0.25) is 5.91 Å². The molecule has 0 bridgehead atoms. The molecule has 0 heterocycles. The predicted molar refractivity (Wildman–Crippen MR) is 123 cm³/mol. The number of phenolic OH excluding ortho intramolecular Hbond substituents is 1. The number of esters is 1. The molecular weight excluding hydrogens is 396 g/mol. The van der Waals surface area contributed by atoms with E-state index in [1.54, 1.807) is 18.2 Å². The van der Waals surface area contributed by atoms with Gasteiger partial charge in [-0.15, -0.1) is 0 Å². The van der Waals surface area contributed by atoms with Gasteiger partial charge in [0.1, 0.15) is 23.2 Å². The first kappa shape index (κ1) is 26.2. The molecule has 0 spiro atoms. The third kappa shape index (κ3) is 8.84. The molecule has 1 atom stereocenters. The summed E-state index contributed by atoms with van der Waals surface area (Å²) in [4.78, 5) is 26.8. The summed E-state index contributed by atoms with van der Waals surface area (Å²) in [6, 6.07) is 3.01. The van der Waals surface area contributed by atoms with Crippen molar-refractivity contribution in [2.24, 2.45) is 5.92 Å². The molecule has 172 valence electrons. The van der Waals surface area contributed by atoms with Crippen LogP contribution in [0.1, 0.15) is 50.5 Å². The molecule has 1 unspecified atom stereocenters. The van der Waals surface area contributed by atoms with Crippen molar-refractivity contribution in [3.05, 3.63) is 41.5 Å². The molecule has 0 aliphatic carbocycles. The summed E-state index contributed by atoms with van der Waals surface area (Å²) < 4.78 is 10.7. The van der Waals surface area contributed by atoms with Crippen LogP contribution in [-0.4, -0.2) is 61.3 Å². The van der Waals surface area contributed by atoms with Crippen LogP contribution in [0.2, 0.25) is 0 Å². The van der Waals surface area contributed by atoms with E-state index in [0.29, 0.717) is 11.3 Å². The Kier molecular flexibility index (Phi) is 11.4. The first-order valence-corrected chi connectivity index (χ1v) is 10.7. The van der Waals surface area contributed by atoms with Gasteiger partial charge in [-0.1, -0.05) is 45.9 Å². The number of hydrogen-bond acceptors (Lipinski definition) is 6. The van der Waals surface area contributed by atoms with E-state index >= 15 is 0 Å². The van der Waals surface area contributed by atoms with E-state index in [1.165, 1.54) is 19.3 Å². The van der Waals surface area contributed by atoms with Crippen molar-refractivity contribution >= 4 is 18.0 Å². The second-order valence-electron chi connectivity index (χ2n) is 7.50. The molecule has 1 amide bonds. The maximum Gasteiger partial charge on any atom is 0.342 e. The minimum Gasteiger partial charge on any atom is -0.507 e. The van der Waals surface area contributed by atoms with Gasteiger partial charge < -0.3 is 24.8 Å². The fraction of sp³-hybridized carbons (Fsp3) is 0.500. The number of nitrogens with one attached hydrogen (secondary N) is 1. The lowest BCUT2D eigenvalue weighted by molar-refractivity contribution is -0.116. The molecule has 0 saturated heterocycles. The molecule has 31 heavy (non-hydrogen) atoms. The molecule has 0 fully saturated rings. The molecule has 1 aromatic rings. The normalized spacial score (nSPS) is 12.6. The van der Waals surface area contributed by atoms with E-state index in [9.17, 15) is 14.7 Å². The Morgan fingerprint density at radius 3 is 2.42 bits per heavy atom. The van der Waals surface area contributed by atoms with Gasteiger partial charge in [0.25, 0.3) is 0 Å². The van der Waals surface area contributed by atoms with Gasteiger partial charge in [-0.25, -0.2) is 4.79 Å². The lowest BCUT2D eigenvalue weighted by Crippen LogP contribution is -2.24. The Bertz CT molecular complexity index is 782. The highest BCUT2D eigenvalue weighted by Crippen LogP contribution is 2.30. The molecule has 1 rings (SSSR count). The average molecular weight is 433 g/mol. The summed E-state index contributed by atoms with van der Waals surface area (Å²) in [7, 11) is 1.48. The number of hydrogen-bond donors (Lipinski definition) is 2. The number of carbonyl (C=O) groups excluding carboxylic acids is 2. The Hall–Kier alpha value is -2.80. The molecule has 0 aliphatic heterocycles. The van der Waals surface area contributed by atoms with Crippen LogP contribution in [0.25, 0.3) is 6.08 Å². The standard InChI is InChI=1S/C24H36N2O5/c1-7-26(8-2)14-10-12-22(28)25-13-9-11-19-15-20(30-6)16-21(27)23(19)24(29)31-18(5)17(3)4/h9-12,15-18,27H,7-8,13-14H2,1-6H3,(H,25,28). The van der Waals surface area contributed by atoms with Gasteiger partial charge in [0.05, 0.1) is 7.11 Å². The van der Waals surface area contributed by atoms with E-state index in [4.69, 9.17) is 9.47 Å². The van der Waals surface area contributed by atoms with Crippen LogP contribution in [0.3, 0.4) is 0 Å². The Balaban J connectivity index is 2.85. The van der Waals surface area contributed by atoms with Gasteiger partial charge in [-0.05, 0) is 37.6 Å². The van der Waals surface area contributed by atoms with E-state index in [0.717, 1.165) is 19.6 Å². The molecule has 0 radical (unpaired) electrons. The van der Waals surface area contributed by atoms with Gasteiger partial charge >= 0.3 is 5.97 Å². The quantitative estimate of drug-likeness (QED) is 0.387. The summed E-state index contributed by atoms with van der Waals surface area (Å²) in [5.74, 6) is -0.467. The third-order valence-electron chi connectivity index (χ3n) is 5.01. The number of nitrogens with zero attached hydrogens (tertiary/aromatic N) is 1. The highest BCUT2D eigenvalue weighted by molar-refractivity contribution is 5.97. The van der Waals surface area contributed by atoms with Crippen LogP contribution in [0.5, 0.6) is 11.5 Å². The predicted octanol–water partition coefficient (Wildman–Crippen LogP) is 3.63. The zero-order valence-electron chi connectivity index (χ0n) is 19.5. The third-order valence-corrected chi connectivity index (χ3v) is 5.01. The van der Waals surface area contributed by atoms with Crippen molar-refractivity contribution in [2.45, 2.75) is 40.7 Å². The number of likely N-dealkylation sites (N-methyl/N-ethyl adjacent to an activating group) is 1. The topological polar surface area (TPSA) is 88.1 Å². The number of ether oxygens (including phenoxy) is 2. The average Bonchev–Trinajstić information content (AvgIpc) is 2.73. The Morgan fingerprint density at radius 2 is 1.84 bits per heavy atom. The molecule has 7 nitrogen and oxygen atoms in total. The van der Waals surface area contributed by atoms with Crippen molar-refractivity contribution in [3.63, 3.8) is 0 Å². The van der Waals surface area contributed by atoms with Crippen molar-refractivity contribution in [1.29, 1.82) is 0 Å². The number of methoxy groups -OCH3 is 1. The molecule has 0 aromatic heterocycles. The van der Waals surface area contributed by atoms with Crippen LogP contribution >= 0.6 is 0 Å². The van der Waals surface area contributed by atoms with E-state index in [-0.39, 0.29) is 35.8 Å². The zero-order valence-corrected chi connectivity index (χ0v) is 19.5. The Morgan fingerprint density at radius 1 is 1.16 bits per heavy atom. The van der Waals surface area contributed by atoms with Crippen molar-refractivity contribution < 1.29 is 24.2 Å². The Labute approximate surface area is 185 Å².